The van der Waals surface area contributed by atoms with Crippen LogP contribution in [-0.2, 0) is 9.63 Å². The number of aromatic nitrogens is 2. The quantitative estimate of drug-likeness (QED) is 0.580. The van der Waals surface area contributed by atoms with Crippen LogP contribution in [0.3, 0.4) is 0 Å². The second kappa shape index (κ2) is 8.07. The number of hydrogen-bond donors (Lipinski definition) is 0. The summed E-state index contributed by atoms with van der Waals surface area (Å²) in [5.74, 6) is 0.948. The van der Waals surface area contributed by atoms with Gasteiger partial charge in [0.2, 0.25) is 5.95 Å². The molecule has 1 aliphatic heterocycles. The van der Waals surface area contributed by atoms with Gasteiger partial charge in [-0.05, 0) is 15.9 Å². The second-order valence-electron chi connectivity index (χ2n) is 4.82. The molecular formula is C14H19BrN4O2. The van der Waals surface area contributed by atoms with Gasteiger partial charge in [0.25, 0.3) is 0 Å². The molecule has 1 fully saturated rings. The maximum atomic E-state index is 11.1. The van der Waals surface area contributed by atoms with Gasteiger partial charge in [-0.15, -0.1) is 0 Å². The first-order chi connectivity index (χ1) is 10.2. The van der Waals surface area contributed by atoms with Crippen LogP contribution in [0.5, 0.6) is 0 Å². The number of nitrogens with zero attached hydrogens (tertiary/aromatic N) is 4. The van der Waals surface area contributed by atoms with Gasteiger partial charge < -0.3 is 9.74 Å². The molecule has 6 nitrogen and oxygen atoms in total. The van der Waals surface area contributed by atoms with Crippen molar-refractivity contribution in [1.82, 2.24) is 9.97 Å². The molecule has 0 atom stereocenters. The van der Waals surface area contributed by atoms with Crippen molar-refractivity contribution in [3.63, 3.8) is 0 Å². The number of hydrogen-bond acceptors (Lipinski definition) is 6. The van der Waals surface area contributed by atoms with Crippen LogP contribution in [0.25, 0.3) is 0 Å². The number of anilines is 1. The molecule has 0 aromatic carbocycles. The molecule has 1 aromatic rings. The summed E-state index contributed by atoms with van der Waals surface area (Å²) in [6.45, 7) is 3.89. The molecule has 1 aromatic heterocycles. The fraction of sp³-hybridized carbons (Fsp3) is 0.571. The van der Waals surface area contributed by atoms with Crippen molar-refractivity contribution in [3.05, 3.63) is 16.9 Å². The molecule has 0 saturated carbocycles. The van der Waals surface area contributed by atoms with Crippen molar-refractivity contribution in [1.29, 1.82) is 0 Å². The Balaban J connectivity index is 1.75. The Bertz CT molecular complexity index is 494. The minimum Gasteiger partial charge on any atom is -0.395 e. The molecule has 0 spiro atoms. The number of carbonyl (C=O) groups is 1. The highest BCUT2D eigenvalue weighted by Crippen LogP contribution is 2.15. The van der Waals surface area contributed by atoms with Crippen LogP contribution in [0.1, 0.15) is 32.6 Å². The number of rotatable bonds is 6. The lowest BCUT2D eigenvalue weighted by Crippen LogP contribution is -2.35. The Hall–Kier alpha value is -1.50. The van der Waals surface area contributed by atoms with Crippen molar-refractivity contribution in [2.45, 2.75) is 32.6 Å². The Kier molecular flexibility index (Phi) is 6.10. The van der Waals surface area contributed by atoms with Crippen molar-refractivity contribution >= 4 is 33.4 Å². The molecule has 7 heteroatoms. The van der Waals surface area contributed by atoms with E-state index in [9.17, 15) is 4.79 Å². The summed E-state index contributed by atoms with van der Waals surface area (Å²) >= 11 is 3.33. The molecule has 21 heavy (non-hydrogen) atoms. The van der Waals surface area contributed by atoms with Gasteiger partial charge in [0.05, 0.1) is 10.2 Å². The van der Waals surface area contributed by atoms with Crippen LogP contribution in [0, 0.1) is 0 Å². The SMILES string of the molecule is CCC(=O)CCON=C1CCN(c2ncc(Br)cn2)CC1. The van der Waals surface area contributed by atoms with E-state index in [4.69, 9.17) is 4.84 Å². The summed E-state index contributed by atoms with van der Waals surface area (Å²) in [4.78, 5) is 27.1. The van der Waals surface area contributed by atoms with Gasteiger partial charge in [-0.2, -0.15) is 0 Å². The minimum absolute atomic E-state index is 0.206. The standard InChI is InChI=1S/C14H19BrN4O2/c1-2-13(20)5-8-21-18-12-3-6-19(7-4-12)14-16-9-11(15)10-17-14/h9-10H,2-8H2,1H3. The van der Waals surface area contributed by atoms with Crippen molar-refractivity contribution in [3.8, 4) is 0 Å². The summed E-state index contributed by atoms with van der Waals surface area (Å²) in [5, 5.41) is 4.12. The summed E-state index contributed by atoms with van der Waals surface area (Å²) in [7, 11) is 0. The first-order valence-corrected chi connectivity index (χ1v) is 7.90. The van der Waals surface area contributed by atoms with Crippen molar-refractivity contribution < 1.29 is 9.63 Å². The van der Waals surface area contributed by atoms with Gasteiger partial charge in [-0.1, -0.05) is 12.1 Å². The number of ketones is 1. The third-order valence-corrected chi connectivity index (χ3v) is 3.70. The van der Waals surface area contributed by atoms with E-state index in [1.165, 1.54) is 0 Å². The molecule has 0 amide bonds. The fourth-order valence-corrected chi connectivity index (χ4v) is 2.20. The van der Waals surface area contributed by atoms with Crippen LogP contribution < -0.4 is 4.90 Å². The predicted octanol–water partition coefficient (Wildman–Crippen LogP) is 2.58. The zero-order valence-corrected chi connectivity index (χ0v) is 13.7. The summed E-state index contributed by atoms with van der Waals surface area (Å²) in [6.07, 6.45) is 6.16. The summed E-state index contributed by atoms with van der Waals surface area (Å²) in [6, 6.07) is 0. The van der Waals surface area contributed by atoms with Gasteiger partial charge in [-0.25, -0.2) is 9.97 Å². The average Bonchev–Trinajstić information content (AvgIpc) is 2.52. The normalized spacial score (nSPS) is 15.0. The predicted molar refractivity (Wildman–Crippen MR) is 84.5 cm³/mol. The van der Waals surface area contributed by atoms with E-state index in [2.05, 4.69) is 36.0 Å². The Morgan fingerprint density at radius 3 is 2.67 bits per heavy atom. The number of halogens is 1. The number of piperidine rings is 1. The van der Waals surface area contributed by atoms with Crippen LogP contribution in [-0.4, -0.2) is 41.2 Å². The van der Waals surface area contributed by atoms with Crippen molar-refractivity contribution in [2.24, 2.45) is 5.16 Å². The number of oxime groups is 1. The molecule has 1 aliphatic rings. The molecular weight excluding hydrogens is 336 g/mol. The molecule has 0 aliphatic carbocycles. The lowest BCUT2D eigenvalue weighted by molar-refractivity contribution is -0.119. The Morgan fingerprint density at radius 2 is 2.05 bits per heavy atom. The lowest BCUT2D eigenvalue weighted by Gasteiger charge is -2.27. The van der Waals surface area contributed by atoms with E-state index in [1.807, 2.05) is 6.92 Å². The average molecular weight is 355 g/mol. The Labute approximate surface area is 132 Å². The summed E-state index contributed by atoms with van der Waals surface area (Å²) in [5.41, 5.74) is 1.03. The van der Waals surface area contributed by atoms with Gasteiger partial charge in [0, 0.05) is 51.2 Å². The highest BCUT2D eigenvalue weighted by Gasteiger charge is 2.17. The third-order valence-electron chi connectivity index (χ3n) is 3.29. The van der Waals surface area contributed by atoms with Gasteiger partial charge in [-0.3, -0.25) is 4.79 Å². The monoisotopic (exact) mass is 354 g/mol. The maximum Gasteiger partial charge on any atom is 0.225 e. The summed E-state index contributed by atoms with van der Waals surface area (Å²) < 4.78 is 0.875. The number of Topliss-reactive ketones (excluding diaryl/α,β-unsaturated/α-hetero) is 1. The molecule has 1 saturated heterocycles. The minimum atomic E-state index is 0.206. The Morgan fingerprint density at radius 1 is 1.38 bits per heavy atom. The highest BCUT2D eigenvalue weighted by atomic mass is 79.9. The molecule has 0 N–H and O–H groups in total. The van der Waals surface area contributed by atoms with Crippen LogP contribution in [0.4, 0.5) is 5.95 Å². The fourth-order valence-electron chi connectivity index (χ4n) is 2.00. The van der Waals surface area contributed by atoms with E-state index in [0.717, 1.165) is 42.1 Å². The van der Waals surface area contributed by atoms with E-state index in [-0.39, 0.29) is 5.78 Å². The zero-order chi connectivity index (χ0) is 15.1. The van der Waals surface area contributed by atoms with Crippen molar-refractivity contribution in [2.75, 3.05) is 24.6 Å². The highest BCUT2D eigenvalue weighted by molar-refractivity contribution is 9.10. The zero-order valence-electron chi connectivity index (χ0n) is 12.1. The number of carbonyl (C=O) groups excluding carboxylic acids is 1. The lowest BCUT2D eigenvalue weighted by atomic mass is 10.1. The first kappa shape index (κ1) is 15.9. The van der Waals surface area contributed by atoms with Gasteiger partial charge in [0.15, 0.2) is 0 Å². The van der Waals surface area contributed by atoms with E-state index in [1.54, 1.807) is 12.4 Å². The molecule has 114 valence electrons. The molecule has 0 radical (unpaired) electrons. The molecule has 2 rings (SSSR count). The second-order valence-corrected chi connectivity index (χ2v) is 5.74. The van der Waals surface area contributed by atoms with E-state index in [0.29, 0.717) is 19.4 Å². The molecule has 2 heterocycles. The maximum absolute atomic E-state index is 11.1. The molecule has 0 bridgehead atoms. The van der Waals surface area contributed by atoms with E-state index < -0.39 is 0 Å². The topological polar surface area (TPSA) is 67.7 Å². The van der Waals surface area contributed by atoms with Crippen LogP contribution in [0.15, 0.2) is 22.0 Å². The van der Waals surface area contributed by atoms with E-state index >= 15 is 0 Å². The van der Waals surface area contributed by atoms with Gasteiger partial charge in [0.1, 0.15) is 12.4 Å². The smallest absolute Gasteiger partial charge is 0.225 e. The van der Waals surface area contributed by atoms with Crippen LogP contribution >= 0.6 is 15.9 Å². The largest absolute Gasteiger partial charge is 0.395 e. The molecule has 0 unspecified atom stereocenters. The first-order valence-electron chi connectivity index (χ1n) is 7.11. The van der Waals surface area contributed by atoms with Gasteiger partial charge >= 0.3 is 0 Å². The third kappa shape index (κ3) is 5.08. The van der Waals surface area contributed by atoms with Crippen LogP contribution in [0.2, 0.25) is 0 Å².